The van der Waals surface area contributed by atoms with Gasteiger partial charge in [0, 0.05) is 40.5 Å². The summed E-state index contributed by atoms with van der Waals surface area (Å²) in [6.45, 7) is 1.93. The number of thiophene rings is 2. The van der Waals surface area contributed by atoms with E-state index in [2.05, 4.69) is 10.6 Å². The van der Waals surface area contributed by atoms with Crippen LogP contribution in [0.2, 0.25) is 8.67 Å². The van der Waals surface area contributed by atoms with Gasteiger partial charge >= 0.3 is 12.1 Å². The van der Waals surface area contributed by atoms with E-state index in [1.54, 1.807) is 54.9 Å². The van der Waals surface area contributed by atoms with Crippen LogP contribution in [0.15, 0.2) is 152 Å². The number of halogens is 3. The summed E-state index contributed by atoms with van der Waals surface area (Å²) in [5.74, 6) is -0.507. The molecule has 0 aliphatic heterocycles. The lowest BCUT2D eigenvalue weighted by atomic mass is 10.1. The van der Waals surface area contributed by atoms with Crippen LogP contribution in [0, 0.1) is 12.7 Å². The minimum absolute atomic E-state index is 0.0612. The predicted octanol–water partition coefficient (Wildman–Crippen LogP) is 8.88. The summed E-state index contributed by atoms with van der Waals surface area (Å²) in [6.07, 6.45) is 3.25. The largest absolute Gasteiger partial charge is 0.333 e. The second kappa shape index (κ2) is 17.9. The first-order valence-electron chi connectivity index (χ1n) is 17.8. The van der Waals surface area contributed by atoms with E-state index in [4.69, 9.17) is 23.2 Å². The number of sulfonamides is 2. The first-order chi connectivity index (χ1) is 29.5. The maximum Gasteiger partial charge on any atom is 0.333 e. The Labute approximate surface area is 369 Å². The molecule has 8 aromatic rings. The quantitative estimate of drug-likeness (QED) is 0.116. The van der Waals surface area contributed by atoms with Gasteiger partial charge in [0.1, 0.15) is 14.2 Å². The molecule has 0 saturated heterocycles. The van der Waals surface area contributed by atoms with Crippen LogP contribution in [0.5, 0.6) is 0 Å². The normalized spacial score (nSPS) is 11.4. The van der Waals surface area contributed by atoms with Crippen molar-refractivity contribution in [1.29, 1.82) is 0 Å². The highest BCUT2D eigenvalue weighted by molar-refractivity contribution is 7.92. The molecule has 0 atom stereocenters. The molecule has 62 heavy (non-hydrogen) atoms. The summed E-state index contributed by atoms with van der Waals surface area (Å²) in [7, 11) is -8.06. The number of aromatic nitrogens is 2. The minimum Gasteiger partial charge on any atom is -0.307 e. The summed E-state index contributed by atoms with van der Waals surface area (Å²) in [5.41, 5.74) is 2.22. The van der Waals surface area contributed by atoms with Crippen molar-refractivity contribution in [2.75, 3.05) is 10.6 Å². The molecule has 316 valence electrons. The number of anilines is 2. The summed E-state index contributed by atoms with van der Waals surface area (Å²) < 4.78 is 69.4. The van der Waals surface area contributed by atoms with Crippen LogP contribution in [0.1, 0.15) is 5.56 Å². The van der Waals surface area contributed by atoms with Gasteiger partial charge in [0.25, 0.3) is 31.2 Å². The smallest absolute Gasteiger partial charge is 0.307 e. The Morgan fingerprint density at radius 3 is 1.40 bits per heavy atom. The number of nitrogens with one attached hydrogen (secondary N) is 4. The number of fused-ring (bicyclic) bond motifs is 2. The summed E-state index contributed by atoms with van der Waals surface area (Å²) in [6, 6.07) is 29.5. The number of rotatable bonds is 8. The zero-order valence-electron chi connectivity index (χ0n) is 31.6. The minimum atomic E-state index is -4.04. The lowest BCUT2D eigenvalue weighted by Crippen LogP contribution is -2.33. The van der Waals surface area contributed by atoms with Gasteiger partial charge in [-0.1, -0.05) is 47.0 Å². The van der Waals surface area contributed by atoms with Crippen LogP contribution in [-0.4, -0.2) is 38.0 Å². The van der Waals surface area contributed by atoms with E-state index in [9.17, 15) is 40.4 Å². The number of carbonyl (C=O) groups is 2. The molecule has 0 spiro atoms. The van der Waals surface area contributed by atoms with Gasteiger partial charge in [0.2, 0.25) is 0 Å². The molecule has 0 radical (unpaired) electrons. The van der Waals surface area contributed by atoms with Crippen LogP contribution < -0.4 is 31.2 Å². The molecule has 0 aliphatic rings. The fraction of sp³-hybridized carbons (Fsp3) is 0.0244. The lowest BCUT2D eigenvalue weighted by molar-refractivity contribution is 0.255. The SMILES string of the molecule is Cc1ccc2ccn(-c3ccc(NC(=O)NS(=O)(=O)c4ccc(Cl)s4)cc3)c(=O)c2c1.O=C(Nc1ccc(-n2ccc3ccc(F)cc3c2=O)cc1)NS(=O)(=O)c1ccc(Cl)s1. The number of hydrogen-bond donors (Lipinski definition) is 4. The van der Waals surface area contributed by atoms with Gasteiger partial charge in [-0.25, -0.2) is 40.3 Å². The number of benzene rings is 4. The third-order valence-electron chi connectivity index (χ3n) is 8.82. The van der Waals surface area contributed by atoms with Crippen LogP contribution in [0.4, 0.5) is 25.4 Å². The summed E-state index contributed by atoms with van der Waals surface area (Å²) >= 11 is 13.2. The van der Waals surface area contributed by atoms with Gasteiger partial charge in [0.05, 0.1) is 14.1 Å². The number of carbonyl (C=O) groups excluding carboxylic acids is 2. The maximum atomic E-state index is 13.5. The van der Waals surface area contributed by atoms with E-state index in [0.717, 1.165) is 33.6 Å². The summed E-state index contributed by atoms with van der Waals surface area (Å²) in [5, 5.41) is 7.20. The average Bonchev–Trinajstić information content (AvgIpc) is 3.88. The first kappa shape index (κ1) is 43.7. The highest BCUT2D eigenvalue weighted by Gasteiger charge is 2.21. The van der Waals surface area contributed by atoms with Crippen LogP contribution in [-0.2, 0) is 20.0 Å². The zero-order valence-corrected chi connectivity index (χ0v) is 36.4. The monoisotopic (exact) mass is 950 g/mol. The second-order valence-electron chi connectivity index (χ2n) is 13.1. The molecule has 4 aromatic heterocycles. The highest BCUT2D eigenvalue weighted by atomic mass is 35.5. The predicted molar refractivity (Wildman–Crippen MR) is 241 cm³/mol. The van der Waals surface area contributed by atoms with Gasteiger partial charge < -0.3 is 10.6 Å². The number of pyridine rings is 2. The highest BCUT2D eigenvalue weighted by Crippen LogP contribution is 2.27. The number of urea groups is 2. The topological polar surface area (TPSA) is 195 Å². The molecule has 0 bridgehead atoms. The molecule has 14 nitrogen and oxygen atoms in total. The van der Waals surface area contributed by atoms with Crippen molar-refractivity contribution in [1.82, 2.24) is 18.6 Å². The zero-order chi connectivity index (χ0) is 44.3. The van der Waals surface area contributed by atoms with Gasteiger partial charge in [-0.3, -0.25) is 18.7 Å². The molecule has 0 unspecified atom stereocenters. The fourth-order valence-corrected chi connectivity index (χ4v) is 10.7. The Kier molecular flexibility index (Phi) is 12.7. The Bertz CT molecular complexity index is 3150. The average molecular weight is 952 g/mol. The molecule has 0 fully saturated rings. The van der Waals surface area contributed by atoms with E-state index in [0.29, 0.717) is 37.9 Å². The maximum absolute atomic E-state index is 13.5. The molecular weight excluding hydrogens is 923 g/mol. The molecule has 4 aromatic carbocycles. The Hall–Kier alpha value is -6.35. The Morgan fingerprint density at radius 1 is 0.565 bits per heavy atom. The molecule has 0 saturated carbocycles. The van der Waals surface area contributed by atoms with E-state index in [1.165, 1.54) is 63.7 Å². The number of hydrogen-bond acceptors (Lipinski definition) is 10. The number of amides is 4. The standard InChI is InChI=1S/C21H16ClN3O4S2.C20H13ClFN3O4S2/c1-13-2-3-14-10-11-25(20(26)17(14)12-13)16-6-4-15(5-7-16)23-21(27)24-31(28,29)19-9-8-18(22)30-19;21-17-7-8-18(30-17)31(28,29)24-20(27)23-14-3-5-15(6-4-14)25-10-9-12-1-2-13(22)11-16(12)19(25)26/h2-12H,1H3,(H2,23,24,27);1-11H,(H2,23,24,27). The third kappa shape index (κ3) is 10.0. The summed E-state index contributed by atoms with van der Waals surface area (Å²) in [4.78, 5) is 49.7. The molecular formula is C41H29Cl2FN6O8S4. The van der Waals surface area contributed by atoms with Crippen molar-refractivity contribution < 1.29 is 30.8 Å². The van der Waals surface area contributed by atoms with Crippen molar-refractivity contribution in [3.8, 4) is 11.4 Å². The Balaban J connectivity index is 0.000000186. The van der Waals surface area contributed by atoms with Crippen molar-refractivity contribution in [2.24, 2.45) is 0 Å². The van der Waals surface area contributed by atoms with Crippen LogP contribution >= 0.6 is 45.9 Å². The molecule has 4 heterocycles. The number of nitrogens with zero attached hydrogens (tertiary/aromatic N) is 2. The molecule has 4 amide bonds. The third-order valence-corrected chi connectivity index (χ3v) is 14.9. The van der Waals surface area contributed by atoms with E-state index in [-0.39, 0.29) is 23.7 Å². The van der Waals surface area contributed by atoms with E-state index >= 15 is 0 Å². The lowest BCUT2D eigenvalue weighted by Gasteiger charge is -2.10. The van der Waals surface area contributed by atoms with Crippen LogP contribution in [0.3, 0.4) is 0 Å². The first-order valence-corrected chi connectivity index (χ1v) is 23.1. The molecule has 21 heteroatoms. The van der Waals surface area contributed by atoms with Crippen molar-refractivity contribution in [2.45, 2.75) is 15.3 Å². The second-order valence-corrected chi connectivity index (χ2v) is 20.4. The Morgan fingerprint density at radius 2 is 0.984 bits per heavy atom. The van der Waals surface area contributed by atoms with Crippen molar-refractivity contribution in [3.05, 3.63) is 174 Å². The van der Waals surface area contributed by atoms with Crippen molar-refractivity contribution >= 4 is 111 Å². The van der Waals surface area contributed by atoms with Gasteiger partial charge in [-0.2, -0.15) is 0 Å². The number of aryl methyl sites for hydroxylation is 1. The van der Waals surface area contributed by atoms with E-state index in [1.807, 2.05) is 40.6 Å². The fourth-order valence-electron chi connectivity index (χ4n) is 5.92. The molecule has 8 rings (SSSR count). The molecule has 0 aliphatic carbocycles. The van der Waals surface area contributed by atoms with Gasteiger partial charge in [0.15, 0.2) is 0 Å². The van der Waals surface area contributed by atoms with Gasteiger partial charge in [-0.05, 0) is 121 Å². The molecule has 4 N–H and O–H groups in total. The van der Waals surface area contributed by atoms with Crippen molar-refractivity contribution in [3.63, 3.8) is 0 Å². The van der Waals surface area contributed by atoms with E-state index < -0.39 is 43.5 Å². The van der Waals surface area contributed by atoms with Crippen LogP contribution in [0.25, 0.3) is 32.9 Å². The van der Waals surface area contributed by atoms with Gasteiger partial charge in [-0.15, -0.1) is 22.7 Å².